The van der Waals surface area contributed by atoms with Gasteiger partial charge in [-0.3, -0.25) is 0 Å². The lowest BCUT2D eigenvalue weighted by Gasteiger charge is -2.38. The molecular weight excluding hydrogens is 241 g/mol. The normalized spacial score (nSPS) is 32.5. The van der Waals surface area contributed by atoms with Gasteiger partial charge in [-0.05, 0) is 68.8 Å². The maximum absolute atomic E-state index is 13.5. The van der Waals surface area contributed by atoms with Crippen molar-refractivity contribution in [3.8, 4) is 0 Å². The average molecular weight is 263 g/mol. The predicted molar refractivity (Wildman–Crippen MR) is 73.4 cm³/mol. The van der Waals surface area contributed by atoms with Gasteiger partial charge in [0.1, 0.15) is 5.82 Å². The Morgan fingerprint density at radius 2 is 1.84 bits per heavy atom. The average Bonchev–Trinajstić information content (AvgIpc) is 2.60. The highest BCUT2D eigenvalue weighted by atomic mass is 19.1. The Bertz CT molecular complexity index is 442. The molecule has 2 heterocycles. The van der Waals surface area contributed by atoms with Crippen molar-refractivity contribution in [1.29, 1.82) is 0 Å². The lowest BCUT2D eigenvalue weighted by Crippen LogP contribution is -2.41. The molecule has 104 valence electrons. The number of rotatable bonds is 2. The molecule has 0 aliphatic carbocycles. The van der Waals surface area contributed by atoms with Crippen molar-refractivity contribution >= 4 is 0 Å². The van der Waals surface area contributed by atoms with Crippen LogP contribution < -0.4 is 0 Å². The Morgan fingerprint density at radius 3 is 2.42 bits per heavy atom. The second kappa shape index (κ2) is 4.88. The Kier molecular flexibility index (Phi) is 3.35. The van der Waals surface area contributed by atoms with Crippen LogP contribution >= 0.6 is 0 Å². The fraction of sp³-hybridized carbons (Fsp3) is 0.625. The summed E-state index contributed by atoms with van der Waals surface area (Å²) in [5.41, 5.74) is 1.62. The summed E-state index contributed by atoms with van der Waals surface area (Å²) < 4.78 is 13.5. The second-order valence-corrected chi connectivity index (χ2v) is 6.29. The highest BCUT2D eigenvalue weighted by Gasteiger charge is 2.40. The minimum atomic E-state index is -0.522. The maximum atomic E-state index is 13.5. The molecule has 2 aliphatic rings. The third kappa shape index (κ3) is 2.41. The van der Waals surface area contributed by atoms with Crippen molar-refractivity contribution in [2.45, 2.75) is 50.8 Å². The zero-order chi connectivity index (χ0) is 13.6. The predicted octanol–water partition coefficient (Wildman–Crippen LogP) is 3.04. The van der Waals surface area contributed by atoms with E-state index in [1.165, 1.54) is 25.0 Å². The van der Waals surface area contributed by atoms with Gasteiger partial charge in [-0.25, -0.2) is 4.39 Å². The third-order valence-corrected chi connectivity index (χ3v) is 4.99. The Hall–Kier alpha value is -0.930. The minimum absolute atomic E-state index is 0.245. The quantitative estimate of drug-likeness (QED) is 0.886. The smallest absolute Gasteiger partial charge is 0.123 e. The van der Waals surface area contributed by atoms with Crippen molar-refractivity contribution in [2.24, 2.45) is 5.92 Å². The van der Waals surface area contributed by atoms with Gasteiger partial charge >= 0.3 is 0 Å². The van der Waals surface area contributed by atoms with Crippen LogP contribution in [0.25, 0.3) is 0 Å². The van der Waals surface area contributed by atoms with E-state index < -0.39 is 6.10 Å². The van der Waals surface area contributed by atoms with Crippen LogP contribution in [-0.4, -0.2) is 29.1 Å². The molecule has 3 atom stereocenters. The lowest BCUT2D eigenvalue weighted by molar-refractivity contribution is 0.0354. The number of aliphatic hydroxyl groups is 1. The van der Waals surface area contributed by atoms with E-state index in [1.807, 2.05) is 13.0 Å². The van der Waals surface area contributed by atoms with E-state index in [0.717, 1.165) is 24.0 Å². The summed E-state index contributed by atoms with van der Waals surface area (Å²) in [7, 11) is 2.19. The second-order valence-electron chi connectivity index (χ2n) is 6.29. The molecule has 3 rings (SSSR count). The highest BCUT2D eigenvalue weighted by molar-refractivity contribution is 5.26. The molecule has 0 aromatic heterocycles. The van der Waals surface area contributed by atoms with Gasteiger partial charge in [0.25, 0.3) is 0 Å². The molecule has 0 spiro atoms. The Balaban J connectivity index is 1.79. The molecule has 1 N–H and O–H groups in total. The fourth-order valence-electron chi connectivity index (χ4n) is 3.92. The van der Waals surface area contributed by atoms with Crippen LogP contribution in [0.2, 0.25) is 0 Å². The van der Waals surface area contributed by atoms with Gasteiger partial charge in [-0.15, -0.1) is 0 Å². The maximum Gasteiger partial charge on any atom is 0.123 e. The number of benzene rings is 1. The number of nitrogens with zero attached hydrogens (tertiary/aromatic N) is 1. The van der Waals surface area contributed by atoms with Crippen molar-refractivity contribution in [3.63, 3.8) is 0 Å². The zero-order valence-corrected chi connectivity index (χ0v) is 11.6. The largest absolute Gasteiger partial charge is 0.388 e. The van der Waals surface area contributed by atoms with Crippen molar-refractivity contribution in [2.75, 3.05) is 7.05 Å². The molecule has 2 aliphatic heterocycles. The summed E-state index contributed by atoms with van der Waals surface area (Å²) in [5.74, 6) is 0.0276. The van der Waals surface area contributed by atoms with Crippen LogP contribution in [0, 0.1) is 18.7 Å². The first kappa shape index (κ1) is 13.1. The summed E-state index contributed by atoms with van der Waals surface area (Å²) in [6.07, 6.45) is 4.03. The zero-order valence-electron chi connectivity index (χ0n) is 11.6. The van der Waals surface area contributed by atoms with E-state index in [1.54, 1.807) is 0 Å². The summed E-state index contributed by atoms with van der Waals surface area (Å²) in [6, 6.07) is 6.11. The first-order valence-electron chi connectivity index (χ1n) is 7.21. The molecule has 2 nitrogen and oxygen atoms in total. The van der Waals surface area contributed by atoms with Gasteiger partial charge in [-0.1, -0.05) is 6.07 Å². The molecule has 19 heavy (non-hydrogen) atoms. The monoisotopic (exact) mass is 263 g/mol. The van der Waals surface area contributed by atoms with Crippen molar-refractivity contribution in [3.05, 3.63) is 35.1 Å². The van der Waals surface area contributed by atoms with Gasteiger partial charge in [0.05, 0.1) is 6.10 Å². The Morgan fingerprint density at radius 1 is 1.21 bits per heavy atom. The fourth-order valence-corrected chi connectivity index (χ4v) is 3.92. The Labute approximate surface area is 114 Å². The van der Waals surface area contributed by atoms with E-state index in [-0.39, 0.29) is 11.7 Å². The molecule has 3 unspecified atom stereocenters. The molecule has 0 saturated carbocycles. The van der Waals surface area contributed by atoms with Crippen LogP contribution in [0.5, 0.6) is 0 Å². The van der Waals surface area contributed by atoms with Gasteiger partial charge in [0.15, 0.2) is 0 Å². The number of fused-ring (bicyclic) bond motifs is 2. The van der Waals surface area contributed by atoms with Gasteiger partial charge in [0.2, 0.25) is 0 Å². The summed E-state index contributed by atoms with van der Waals surface area (Å²) in [5, 5.41) is 10.6. The number of hydrogen-bond donors (Lipinski definition) is 1. The standard InChI is InChI=1S/C16H22FNO/c1-10-5-11(7-13(17)6-10)16(19)12-8-14-3-4-15(9-12)18(14)2/h5-7,12,14-16,19H,3-4,8-9H2,1-2H3. The van der Waals surface area contributed by atoms with E-state index in [2.05, 4.69) is 11.9 Å². The molecular formula is C16H22FNO. The minimum Gasteiger partial charge on any atom is -0.388 e. The lowest BCUT2D eigenvalue weighted by atomic mass is 9.83. The van der Waals surface area contributed by atoms with Crippen LogP contribution in [0.1, 0.15) is 42.9 Å². The van der Waals surface area contributed by atoms with E-state index in [4.69, 9.17) is 0 Å². The highest BCUT2D eigenvalue weighted by Crippen LogP contribution is 2.42. The van der Waals surface area contributed by atoms with Crippen LogP contribution in [-0.2, 0) is 0 Å². The van der Waals surface area contributed by atoms with Gasteiger partial charge in [-0.2, -0.15) is 0 Å². The topological polar surface area (TPSA) is 23.5 Å². The molecule has 0 amide bonds. The number of halogens is 1. The van der Waals surface area contributed by atoms with Crippen LogP contribution in [0.4, 0.5) is 4.39 Å². The number of piperidine rings is 1. The number of aryl methyl sites for hydroxylation is 1. The third-order valence-electron chi connectivity index (χ3n) is 4.99. The van der Waals surface area contributed by atoms with Crippen molar-refractivity contribution < 1.29 is 9.50 Å². The number of hydrogen-bond acceptors (Lipinski definition) is 2. The van der Waals surface area contributed by atoms with E-state index in [0.29, 0.717) is 12.1 Å². The summed E-state index contributed by atoms with van der Waals surface area (Å²) in [6.45, 7) is 1.87. The first-order chi connectivity index (χ1) is 9.04. The number of aliphatic hydroxyl groups excluding tert-OH is 1. The molecule has 3 heteroatoms. The molecule has 0 radical (unpaired) electrons. The summed E-state index contributed by atoms with van der Waals surface area (Å²) >= 11 is 0. The van der Waals surface area contributed by atoms with Crippen molar-refractivity contribution in [1.82, 2.24) is 4.90 Å². The van der Waals surface area contributed by atoms with E-state index >= 15 is 0 Å². The molecule has 2 saturated heterocycles. The summed E-state index contributed by atoms with van der Waals surface area (Å²) in [4.78, 5) is 2.46. The molecule has 1 aromatic rings. The van der Waals surface area contributed by atoms with Crippen LogP contribution in [0.15, 0.2) is 18.2 Å². The van der Waals surface area contributed by atoms with Gasteiger partial charge in [0, 0.05) is 12.1 Å². The van der Waals surface area contributed by atoms with E-state index in [9.17, 15) is 9.50 Å². The first-order valence-corrected chi connectivity index (χ1v) is 7.21. The SMILES string of the molecule is Cc1cc(F)cc(C(O)C2CC3CCC(C2)N3C)c1. The molecule has 2 fully saturated rings. The van der Waals surface area contributed by atoms with Crippen LogP contribution in [0.3, 0.4) is 0 Å². The van der Waals surface area contributed by atoms with Gasteiger partial charge < -0.3 is 10.0 Å². The molecule has 1 aromatic carbocycles. The molecule has 2 bridgehead atoms.